The largest absolute Gasteiger partial charge is 0.344 e. The van der Waals surface area contributed by atoms with Gasteiger partial charge in [0.05, 0.1) is 0 Å². The molecule has 0 aromatic heterocycles. The first-order chi connectivity index (χ1) is 11.4. The minimum absolute atomic E-state index is 0.00363. The Balaban J connectivity index is 1.68. The van der Waals surface area contributed by atoms with Crippen LogP contribution in [0.15, 0.2) is 0 Å². The first kappa shape index (κ1) is 16.9. The van der Waals surface area contributed by atoms with E-state index in [-0.39, 0.29) is 24.2 Å². The van der Waals surface area contributed by atoms with E-state index in [4.69, 9.17) is 24.0 Å². The molecule has 0 radical (unpaired) electrons. The molecule has 0 aromatic carbocycles. The van der Waals surface area contributed by atoms with E-state index < -0.39 is 24.0 Å². The molecule has 5 rings (SSSR count). The third kappa shape index (κ3) is 2.38. The highest BCUT2D eigenvalue weighted by Gasteiger charge is 2.69. The average Bonchev–Trinajstić information content (AvgIpc) is 2.76. The fourth-order valence-corrected chi connectivity index (χ4v) is 5.26. The van der Waals surface area contributed by atoms with Crippen LogP contribution in [0.5, 0.6) is 0 Å². The van der Waals surface area contributed by atoms with E-state index in [1.165, 1.54) is 6.92 Å². The second-order valence-electron chi connectivity index (χ2n) is 8.29. The molecule has 1 saturated carbocycles. The maximum atomic E-state index is 11.3. The molecule has 8 atom stereocenters. The number of ether oxygens (including phenoxy) is 3. The smallest absolute Gasteiger partial charge is 0.201 e. The molecule has 0 amide bonds. The first-order valence-electron chi connectivity index (χ1n) is 9.17. The van der Waals surface area contributed by atoms with Crippen molar-refractivity contribution in [2.24, 2.45) is 23.7 Å². The lowest BCUT2D eigenvalue weighted by Gasteiger charge is -2.60. The van der Waals surface area contributed by atoms with Gasteiger partial charge < -0.3 is 14.2 Å². The average molecular weight is 340 g/mol. The summed E-state index contributed by atoms with van der Waals surface area (Å²) in [5.41, 5.74) is -0.566. The Bertz CT molecular complexity index is 524. The van der Waals surface area contributed by atoms with Crippen LogP contribution in [0, 0.1) is 23.7 Å². The minimum Gasteiger partial charge on any atom is -0.344 e. The maximum absolute atomic E-state index is 11.3. The summed E-state index contributed by atoms with van der Waals surface area (Å²) in [6, 6.07) is 0. The maximum Gasteiger partial charge on any atom is 0.201 e. The Morgan fingerprint density at radius 1 is 1.17 bits per heavy atom. The minimum atomic E-state index is -0.775. The number of carbonyl (C=O) groups is 1. The molecule has 5 aliphatic rings. The van der Waals surface area contributed by atoms with Gasteiger partial charge in [-0.3, -0.25) is 4.79 Å². The van der Waals surface area contributed by atoms with Gasteiger partial charge in [0, 0.05) is 18.3 Å². The van der Waals surface area contributed by atoms with E-state index in [0.29, 0.717) is 11.8 Å². The third-order valence-electron chi connectivity index (χ3n) is 6.55. The Morgan fingerprint density at radius 2 is 1.96 bits per heavy atom. The third-order valence-corrected chi connectivity index (χ3v) is 6.55. The van der Waals surface area contributed by atoms with Crippen molar-refractivity contribution in [1.82, 2.24) is 0 Å². The molecule has 4 saturated heterocycles. The van der Waals surface area contributed by atoms with Crippen molar-refractivity contribution in [1.29, 1.82) is 0 Å². The van der Waals surface area contributed by atoms with Crippen molar-refractivity contribution in [2.45, 2.75) is 77.3 Å². The zero-order valence-electron chi connectivity index (χ0n) is 14.9. The van der Waals surface area contributed by atoms with Gasteiger partial charge in [-0.1, -0.05) is 13.8 Å². The van der Waals surface area contributed by atoms with E-state index >= 15 is 0 Å². The predicted molar refractivity (Wildman–Crippen MR) is 83.5 cm³/mol. The fourth-order valence-electron chi connectivity index (χ4n) is 5.26. The molecule has 2 bridgehead atoms. The Kier molecular flexibility index (Phi) is 4.05. The topological polar surface area (TPSA) is 63.2 Å². The summed E-state index contributed by atoms with van der Waals surface area (Å²) < 4.78 is 18.2. The van der Waals surface area contributed by atoms with E-state index in [2.05, 4.69) is 13.8 Å². The first-order valence-corrected chi connectivity index (χ1v) is 9.17. The van der Waals surface area contributed by atoms with Crippen molar-refractivity contribution in [2.75, 3.05) is 6.61 Å². The highest BCUT2D eigenvalue weighted by atomic mass is 17.3. The van der Waals surface area contributed by atoms with E-state index in [1.54, 1.807) is 0 Å². The lowest BCUT2D eigenvalue weighted by atomic mass is 9.58. The number of carbonyl (C=O) groups excluding carboxylic acids is 1. The monoisotopic (exact) mass is 340 g/mol. The molecule has 136 valence electrons. The SMILES string of the molecule is CC(=O)COC1O[C@@H]2O[C@]3(C)CCC4[C@H](C)CCC([C@H]1C)[C@]42OO3. The van der Waals surface area contributed by atoms with Gasteiger partial charge in [0.2, 0.25) is 5.79 Å². The van der Waals surface area contributed by atoms with Crippen molar-refractivity contribution in [3.63, 3.8) is 0 Å². The van der Waals surface area contributed by atoms with Crippen molar-refractivity contribution in [3.05, 3.63) is 0 Å². The lowest BCUT2D eigenvalue weighted by molar-refractivity contribution is -0.577. The molecule has 0 N–H and O–H groups in total. The van der Waals surface area contributed by atoms with Gasteiger partial charge in [-0.2, -0.15) is 0 Å². The van der Waals surface area contributed by atoms with Gasteiger partial charge in [-0.25, -0.2) is 9.78 Å². The highest BCUT2D eigenvalue weighted by Crippen LogP contribution is 2.60. The Hall–Kier alpha value is -0.530. The summed E-state index contributed by atoms with van der Waals surface area (Å²) in [5, 5.41) is 0. The molecule has 24 heavy (non-hydrogen) atoms. The van der Waals surface area contributed by atoms with Crippen molar-refractivity contribution < 1.29 is 28.8 Å². The molecule has 1 aliphatic carbocycles. The zero-order valence-corrected chi connectivity index (χ0v) is 14.9. The Labute approximate surface area is 143 Å². The van der Waals surface area contributed by atoms with Crippen LogP contribution in [0.2, 0.25) is 0 Å². The van der Waals surface area contributed by atoms with Crippen LogP contribution in [0.4, 0.5) is 0 Å². The fraction of sp³-hybridized carbons (Fsp3) is 0.944. The van der Waals surface area contributed by atoms with Gasteiger partial charge in [0.15, 0.2) is 24.0 Å². The zero-order chi connectivity index (χ0) is 17.1. The quantitative estimate of drug-likeness (QED) is 0.736. The summed E-state index contributed by atoms with van der Waals surface area (Å²) in [5.74, 6) is 0.463. The van der Waals surface area contributed by atoms with Crippen LogP contribution in [-0.2, 0) is 28.8 Å². The molecule has 6 heteroatoms. The summed E-state index contributed by atoms with van der Waals surface area (Å²) >= 11 is 0. The number of hydrogen-bond donors (Lipinski definition) is 0. The highest BCUT2D eigenvalue weighted by molar-refractivity contribution is 5.76. The second-order valence-corrected chi connectivity index (χ2v) is 8.29. The van der Waals surface area contributed by atoms with E-state index in [0.717, 1.165) is 25.7 Å². The number of Topliss-reactive ketones (excluding diaryl/α,β-unsaturated/α-hetero) is 1. The summed E-state index contributed by atoms with van der Waals surface area (Å²) in [4.78, 5) is 23.1. The Morgan fingerprint density at radius 3 is 2.71 bits per heavy atom. The molecule has 5 fully saturated rings. The molecular weight excluding hydrogens is 312 g/mol. The van der Waals surface area contributed by atoms with Gasteiger partial charge in [0.1, 0.15) is 6.61 Å². The normalized spacial score (nSPS) is 53.3. The van der Waals surface area contributed by atoms with Crippen LogP contribution in [0.1, 0.15) is 53.4 Å². The molecule has 4 aliphatic heterocycles. The molecule has 4 heterocycles. The lowest BCUT2D eigenvalue weighted by Crippen LogP contribution is -2.70. The molecule has 1 spiro atoms. The summed E-state index contributed by atoms with van der Waals surface area (Å²) in [6.07, 6.45) is 3.04. The summed E-state index contributed by atoms with van der Waals surface area (Å²) in [7, 11) is 0. The van der Waals surface area contributed by atoms with Crippen LogP contribution in [0.25, 0.3) is 0 Å². The summed E-state index contributed by atoms with van der Waals surface area (Å²) in [6.45, 7) is 7.91. The molecule has 0 aromatic rings. The van der Waals surface area contributed by atoms with E-state index in [9.17, 15) is 4.79 Å². The molecule has 6 nitrogen and oxygen atoms in total. The predicted octanol–water partition coefficient (Wildman–Crippen LogP) is 2.80. The van der Waals surface area contributed by atoms with Crippen LogP contribution in [0.3, 0.4) is 0 Å². The van der Waals surface area contributed by atoms with Gasteiger partial charge in [-0.05, 0) is 44.9 Å². The van der Waals surface area contributed by atoms with Crippen molar-refractivity contribution in [3.8, 4) is 0 Å². The standard InChI is InChI=1S/C18H28O6/c1-10-5-6-14-12(3)15(20-9-11(2)19)21-16-18(14)13(10)7-8-17(4,22-16)23-24-18/h10,12-16H,5-9H2,1-4H3/t10-,12-,13?,14?,15?,16-,17+,18-/m1/s1. The molecular formula is C18H28O6. The van der Waals surface area contributed by atoms with Crippen molar-refractivity contribution >= 4 is 5.78 Å². The van der Waals surface area contributed by atoms with Gasteiger partial charge in [-0.15, -0.1) is 0 Å². The van der Waals surface area contributed by atoms with Crippen LogP contribution >= 0.6 is 0 Å². The second kappa shape index (κ2) is 5.74. The number of fused-ring (bicyclic) bond motifs is 2. The van der Waals surface area contributed by atoms with Gasteiger partial charge >= 0.3 is 0 Å². The van der Waals surface area contributed by atoms with Gasteiger partial charge in [0.25, 0.3) is 0 Å². The molecule has 3 unspecified atom stereocenters. The number of rotatable bonds is 3. The van der Waals surface area contributed by atoms with Crippen LogP contribution < -0.4 is 0 Å². The number of ketones is 1. The van der Waals surface area contributed by atoms with Crippen LogP contribution in [-0.4, -0.2) is 36.4 Å². The van der Waals surface area contributed by atoms with E-state index in [1.807, 2.05) is 6.92 Å². The number of hydrogen-bond acceptors (Lipinski definition) is 6.